The summed E-state index contributed by atoms with van der Waals surface area (Å²) >= 11 is 0. The number of rotatable bonds is 5. The zero-order valence-corrected chi connectivity index (χ0v) is 13.0. The van der Waals surface area contributed by atoms with Gasteiger partial charge in [0.05, 0.1) is 5.69 Å². The number of nitrogens with zero attached hydrogens (tertiary/aromatic N) is 1. The number of hydrazine groups is 1. The Morgan fingerprint density at radius 1 is 1.08 bits per heavy atom. The number of para-hydroxylation sites is 2. The summed E-state index contributed by atoms with van der Waals surface area (Å²) in [7, 11) is 0. The quantitative estimate of drug-likeness (QED) is 0.638. The van der Waals surface area contributed by atoms with Gasteiger partial charge in [0.25, 0.3) is 11.8 Å². The van der Waals surface area contributed by atoms with E-state index in [2.05, 4.69) is 5.43 Å². The first-order valence-electron chi connectivity index (χ1n) is 7.42. The summed E-state index contributed by atoms with van der Waals surface area (Å²) in [6, 6.07) is 15.3. The largest absolute Gasteiger partial charge is 0.481 e. The molecule has 3 rings (SSSR count). The van der Waals surface area contributed by atoms with Crippen molar-refractivity contribution in [2.75, 3.05) is 11.6 Å². The third-order valence-corrected chi connectivity index (χ3v) is 3.48. The molecule has 1 aliphatic heterocycles. The standard InChI is InChI=1S/C18H14N2O5/c21-16(22)11-25-15-9-5-4-6-12(15)10-14-17(23)19-20(18(14)24)13-7-2-1-3-8-13/h1-10H,11H2,(H,19,23)(H,21,22)/b14-10-. The molecule has 0 radical (unpaired) electrons. The van der Waals surface area contributed by atoms with Crippen molar-refractivity contribution in [3.8, 4) is 5.75 Å². The molecule has 0 unspecified atom stereocenters. The van der Waals surface area contributed by atoms with Gasteiger partial charge < -0.3 is 9.84 Å². The summed E-state index contributed by atoms with van der Waals surface area (Å²) in [4.78, 5) is 35.4. The second-order valence-electron chi connectivity index (χ2n) is 5.20. The highest BCUT2D eigenvalue weighted by Crippen LogP contribution is 2.25. The monoisotopic (exact) mass is 338 g/mol. The number of hydrogen-bond donors (Lipinski definition) is 2. The van der Waals surface area contributed by atoms with Gasteiger partial charge in [-0.1, -0.05) is 36.4 Å². The third-order valence-electron chi connectivity index (χ3n) is 3.48. The first-order chi connectivity index (χ1) is 12.1. The van der Waals surface area contributed by atoms with Gasteiger partial charge in [-0.2, -0.15) is 0 Å². The van der Waals surface area contributed by atoms with Gasteiger partial charge in [0.15, 0.2) is 6.61 Å². The predicted octanol–water partition coefficient (Wildman–Crippen LogP) is 1.61. The maximum absolute atomic E-state index is 12.5. The van der Waals surface area contributed by atoms with Crippen LogP contribution in [-0.2, 0) is 14.4 Å². The van der Waals surface area contributed by atoms with Crippen LogP contribution in [0.15, 0.2) is 60.2 Å². The van der Waals surface area contributed by atoms with E-state index in [-0.39, 0.29) is 11.3 Å². The normalized spacial score (nSPS) is 15.4. The fourth-order valence-corrected chi connectivity index (χ4v) is 2.34. The number of benzene rings is 2. The molecular formula is C18H14N2O5. The first-order valence-corrected chi connectivity index (χ1v) is 7.42. The van der Waals surface area contributed by atoms with Crippen molar-refractivity contribution in [2.45, 2.75) is 0 Å². The fourth-order valence-electron chi connectivity index (χ4n) is 2.34. The summed E-state index contributed by atoms with van der Waals surface area (Å²) in [5.74, 6) is -1.88. The summed E-state index contributed by atoms with van der Waals surface area (Å²) in [6.07, 6.45) is 1.39. The van der Waals surface area contributed by atoms with Gasteiger partial charge in [0.1, 0.15) is 11.3 Å². The molecule has 0 atom stereocenters. The zero-order valence-electron chi connectivity index (χ0n) is 13.0. The van der Waals surface area contributed by atoms with Crippen LogP contribution >= 0.6 is 0 Å². The van der Waals surface area contributed by atoms with Crippen LogP contribution in [0.2, 0.25) is 0 Å². The second-order valence-corrected chi connectivity index (χ2v) is 5.20. The Kier molecular flexibility index (Phi) is 4.47. The predicted molar refractivity (Wildman–Crippen MR) is 89.6 cm³/mol. The maximum Gasteiger partial charge on any atom is 0.341 e. The van der Waals surface area contributed by atoms with E-state index in [1.807, 2.05) is 0 Å². The van der Waals surface area contributed by atoms with Crippen molar-refractivity contribution in [2.24, 2.45) is 0 Å². The van der Waals surface area contributed by atoms with E-state index < -0.39 is 24.4 Å². The number of aliphatic carboxylic acids is 1. The van der Waals surface area contributed by atoms with Gasteiger partial charge in [-0.25, -0.2) is 9.80 Å². The van der Waals surface area contributed by atoms with Crippen molar-refractivity contribution >= 4 is 29.5 Å². The van der Waals surface area contributed by atoms with E-state index in [4.69, 9.17) is 9.84 Å². The molecule has 2 N–H and O–H groups in total. The average molecular weight is 338 g/mol. The highest BCUT2D eigenvalue weighted by atomic mass is 16.5. The van der Waals surface area contributed by atoms with Crippen molar-refractivity contribution in [1.29, 1.82) is 0 Å². The molecule has 7 heteroatoms. The van der Waals surface area contributed by atoms with Crippen LogP contribution in [-0.4, -0.2) is 29.5 Å². The van der Waals surface area contributed by atoms with Crippen LogP contribution in [0.1, 0.15) is 5.56 Å². The molecule has 2 aromatic carbocycles. The number of amides is 2. The second kappa shape index (κ2) is 6.88. The Morgan fingerprint density at radius 3 is 2.48 bits per heavy atom. The molecule has 0 aromatic heterocycles. The van der Waals surface area contributed by atoms with Crippen LogP contribution in [0.5, 0.6) is 5.75 Å². The number of carboxylic acid groups (broad SMARTS) is 1. The number of hydrogen-bond acceptors (Lipinski definition) is 4. The van der Waals surface area contributed by atoms with E-state index in [1.54, 1.807) is 54.6 Å². The van der Waals surface area contributed by atoms with Gasteiger partial charge in [-0.15, -0.1) is 0 Å². The lowest BCUT2D eigenvalue weighted by molar-refractivity contribution is -0.139. The summed E-state index contributed by atoms with van der Waals surface area (Å²) in [5.41, 5.74) is 3.42. The van der Waals surface area contributed by atoms with Crippen LogP contribution in [0.25, 0.3) is 6.08 Å². The molecule has 1 aliphatic rings. The highest BCUT2D eigenvalue weighted by Gasteiger charge is 2.34. The van der Waals surface area contributed by atoms with E-state index in [9.17, 15) is 14.4 Å². The van der Waals surface area contributed by atoms with Gasteiger partial charge in [-0.05, 0) is 24.3 Å². The molecule has 1 fully saturated rings. The number of ether oxygens (including phenoxy) is 1. The zero-order chi connectivity index (χ0) is 17.8. The lowest BCUT2D eigenvalue weighted by atomic mass is 10.1. The molecule has 2 amide bonds. The minimum absolute atomic E-state index is 0.0600. The van der Waals surface area contributed by atoms with Crippen LogP contribution in [0, 0.1) is 0 Å². The van der Waals surface area contributed by atoms with Gasteiger partial charge in [-0.3, -0.25) is 15.0 Å². The van der Waals surface area contributed by atoms with Crippen molar-refractivity contribution in [1.82, 2.24) is 5.43 Å². The van der Waals surface area contributed by atoms with E-state index >= 15 is 0 Å². The van der Waals surface area contributed by atoms with Gasteiger partial charge in [0, 0.05) is 5.56 Å². The Morgan fingerprint density at radius 2 is 1.76 bits per heavy atom. The SMILES string of the molecule is O=C(O)COc1ccccc1/C=C1/C(=O)NN(c2ccccc2)C1=O. The topological polar surface area (TPSA) is 95.9 Å². The highest BCUT2D eigenvalue weighted by molar-refractivity contribution is 6.31. The molecule has 0 aliphatic carbocycles. The summed E-state index contributed by atoms with van der Waals surface area (Å²) in [5, 5.41) is 9.89. The summed E-state index contributed by atoms with van der Waals surface area (Å²) in [6.45, 7) is -0.517. The number of carboxylic acids is 1. The molecule has 7 nitrogen and oxygen atoms in total. The molecule has 25 heavy (non-hydrogen) atoms. The number of nitrogens with one attached hydrogen (secondary N) is 1. The molecule has 0 spiro atoms. The number of carbonyl (C=O) groups is 3. The first kappa shape index (κ1) is 16.3. The molecule has 0 bridgehead atoms. The Labute approximate surface area is 143 Å². The Balaban J connectivity index is 1.90. The lowest BCUT2D eigenvalue weighted by Crippen LogP contribution is -2.35. The minimum Gasteiger partial charge on any atom is -0.481 e. The lowest BCUT2D eigenvalue weighted by Gasteiger charge is -2.13. The molecule has 126 valence electrons. The smallest absolute Gasteiger partial charge is 0.341 e. The van der Waals surface area contributed by atoms with Crippen molar-refractivity contribution in [3.05, 3.63) is 65.7 Å². The number of carbonyl (C=O) groups excluding carboxylic acids is 2. The van der Waals surface area contributed by atoms with Crippen molar-refractivity contribution < 1.29 is 24.2 Å². The van der Waals surface area contributed by atoms with E-state index in [1.165, 1.54) is 6.08 Å². The molecule has 1 heterocycles. The minimum atomic E-state index is -1.12. The van der Waals surface area contributed by atoms with Crippen molar-refractivity contribution in [3.63, 3.8) is 0 Å². The van der Waals surface area contributed by atoms with Crippen LogP contribution < -0.4 is 15.2 Å². The molecule has 2 aromatic rings. The fraction of sp³-hybridized carbons (Fsp3) is 0.0556. The molecule has 1 saturated heterocycles. The van der Waals surface area contributed by atoms with Gasteiger partial charge >= 0.3 is 5.97 Å². The molecular weight excluding hydrogens is 324 g/mol. The number of anilines is 1. The average Bonchev–Trinajstić information content (AvgIpc) is 2.90. The van der Waals surface area contributed by atoms with Crippen LogP contribution in [0.3, 0.4) is 0 Å². The Hall–Kier alpha value is -3.61. The Bertz CT molecular complexity index is 861. The molecule has 0 saturated carbocycles. The maximum atomic E-state index is 12.5. The van der Waals surface area contributed by atoms with E-state index in [0.29, 0.717) is 11.3 Å². The third kappa shape index (κ3) is 3.50. The van der Waals surface area contributed by atoms with E-state index in [0.717, 1.165) is 5.01 Å². The van der Waals surface area contributed by atoms with Crippen LogP contribution in [0.4, 0.5) is 5.69 Å². The van der Waals surface area contributed by atoms with Gasteiger partial charge in [0.2, 0.25) is 0 Å². The summed E-state index contributed by atoms with van der Waals surface area (Å²) < 4.78 is 5.19.